The van der Waals surface area contributed by atoms with Crippen LogP contribution in [0.25, 0.3) is 0 Å². The monoisotopic (exact) mass is 279 g/mol. The van der Waals surface area contributed by atoms with E-state index in [-0.39, 0.29) is 5.75 Å². The van der Waals surface area contributed by atoms with E-state index in [1.807, 2.05) is 19.1 Å². The van der Waals surface area contributed by atoms with Crippen molar-refractivity contribution in [1.29, 1.82) is 0 Å². The zero-order chi connectivity index (χ0) is 14.0. The third kappa shape index (κ3) is 2.88. The first-order valence-corrected chi connectivity index (χ1v) is 6.26. The number of benzene rings is 2. The van der Waals surface area contributed by atoms with Gasteiger partial charge in [-0.25, -0.2) is 4.39 Å². The van der Waals surface area contributed by atoms with Gasteiger partial charge >= 0.3 is 0 Å². The van der Waals surface area contributed by atoms with Crippen molar-refractivity contribution in [3.63, 3.8) is 0 Å². The summed E-state index contributed by atoms with van der Waals surface area (Å²) in [6.07, 6.45) is 0. The third-order valence-electron chi connectivity index (χ3n) is 2.97. The first-order valence-electron chi connectivity index (χ1n) is 5.88. The standard InChI is InChI=1S/C15H15ClFNO/c1-9-6-10(8-11(16)7-9)15(18)12-4-3-5-13(19-2)14(12)17/h3-8,15H,18H2,1-2H3. The molecule has 2 aromatic carbocycles. The molecule has 0 saturated heterocycles. The molecule has 2 nitrogen and oxygen atoms in total. The van der Waals surface area contributed by atoms with E-state index in [1.54, 1.807) is 24.3 Å². The summed E-state index contributed by atoms with van der Waals surface area (Å²) in [4.78, 5) is 0. The van der Waals surface area contributed by atoms with Crippen molar-refractivity contribution in [2.45, 2.75) is 13.0 Å². The molecule has 0 aliphatic rings. The maximum absolute atomic E-state index is 14.2. The van der Waals surface area contributed by atoms with Gasteiger partial charge in [0, 0.05) is 10.6 Å². The summed E-state index contributed by atoms with van der Waals surface area (Å²) in [6, 6.07) is 9.84. The van der Waals surface area contributed by atoms with Crippen LogP contribution in [0.2, 0.25) is 5.02 Å². The second kappa shape index (κ2) is 5.59. The van der Waals surface area contributed by atoms with Crippen LogP contribution in [0.5, 0.6) is 5.75 Å². The van der Waals surface area contributed by atoms with E-state index in [0.717, 1.165) is 11.1 Å². The van der Waals surface area contributed by atoms with Crippen LogP contribution in [-0.4, -0.2) is 7.11 Å². The fourth-order valence-corrected chi connectivity index (χ4v) is 2.35. The van der Waals surface area contributed by atoms with E-state index < -0.39 is 11.9 Å². The molecule has 0 radical (unpaired) electrons. The van der Waals surface area contributed by atoms with Crippen molar-refractivity contribution < 1.29 is 9.13 Å². The molecule has 2 aromatic rings. The van der Waals surface area contributed by atoms with Gasteiger partial charge < -0.3 is 10.5 Å². The van der Waals surface area contributed by atoms with Crippen LogP contribution < -0.4 is 10.5 Å². The molecule has 4 heteroatoms. The molecule has 0 aromatic heterocycles. The predicted molar refractivity (Wildman–Crippen MR) is 75.2 cm³/mol. The van der Waals surface area contributed by atoms with Gasteiger partial charge in [0.15, 0.2) is 11.6 Å². The molecule has 2 N–H and O–H groups in total. The summed E-state index contributed by atoms with van der Waals surface area (Å²) in [5, 5.41) is 0.591. The molecule has 19 heavy (non-hydrogen) atoms. The Balaban J connectivity index is 2.46. The van der Waals surface area contributed by atoms with E-state index in [4.69, 9.17) is 22.1 Å². The Morgan fingerprint density at radius 3 is 2.63 bits per heavy atom. The zero-order valence-electron chi connectivity index (χ0n) is 10.8. The summed E-state index contributed by atoms with van der Waals surface area (Å²) < 4.78 is 19.1. The highest BCUT2D eigenvalue weighted by Crippen LogP contribution is 2.29. The molecule has 0 aliphatic carbocycles. The topological polar surface area (TPSA) is 35.2 Å². The summed E-state index contributed by atoms with van der Waals surface area (Å²) in [7, 11) is 1.43. The second-order valence-electron chi connectivity index (χ2n) is 4.40. The van der Waals surface area contributed by atoms with Crippen molar-refractivity contribution in [1.82, 2.24) is 0 Å². The molecule has 0 heterocycles. The summed E-state index contributed by atoms with van der Waals surface area (Å²) in [6.45, 7) is 1.92. The molecule has 0 fully saturated rings. The van der Waals surface area contributed by atoms with E-state index in [0.29, 0.717) is 10.6 Å². The van der Waals surface area contributed by atoms with Crippen molar-refractivity contribution in [2.75, 3.05) is 7.11 Å². The van der Waals surface area contributed by atoms with Crippen LogP contribution in [0.1, 0.15) is 22.7 Å². The van der Waals surface area contributed by atoms with Gasteiger partial charge in [-0.3, -0.25) is 0 Å². The van der Waals surface area contributed by atoms with Gasteiger partial charge in [0.1, 0.15) is 0 Å². The molecule has 2 rings (SSSR count). The lowest BCUT2D eigenvalue weighted by Crippen LogP contribution is -2.14. The van der Waals surface area contributed by atoms with Crippen LogP contribution >= 0.6 is 11.6 Å². The number of hydrogen-bond acceptors (Lipinski definition) is 2. The van der Waals surface area contributed by atoms with Gasteiger partial charge in [-0.2, -0.15) is 0 Å². The Bertz CT molecular complexity index is 580. The number of hydrogen-bond donors (Lipinski definition) is 1. The molecule has 0 aliphatic heterocycles. The van der Waals surface area contributed by atoms with Crippen molar-refractivity contribution in [2.24, 2.45) is 5.73 Å². The van der Waals surface area contributed by atoms with E-state index in [9.17, 15) is 4.39 Å². The molecule has 0 saturated carbocycles. The number of methoxy groups -OCH3 is 1. The minimum atomic E-state index is -0.576. The smallest absolute Gasteiger partial charge is 0.170 e. The highest BCUT2D eigenvalue weighted by molar-refractivity contribution is 6.30. The quantitative estimate of drug-likeness (QED) is 0.926. The van der Waals surface area contributed by atoms with Crippen LogP contribution in [0.3, 0.4) is 0 Å². The van der Waals surface area contributed by atoms with Gasteiger partial charge in [0.25, 0.3) is 0 Å². The molecule has 0 bridgehead atoms. The SMILES string of the molecule is COc1cccc(C(N)c2cc(C)cc(Cl)c2)c1F. The molecular formula is C15H15ClFNO. The minimum absolute atomic E-state index is 0.187. The average Bonchev–Trinajstić information content (AvgIpc) is 2.37. The van der Waals surface area contributed by atoms with Crippen molar-refractivity contribution in [3.05, 3.63) is 63.9 Å². The van der Waals surface area contributed by atoms with Gasteiger partial charge in [-0.15, -0.1) is 0 Å². The number of nitrogens with two attached hydrogens (primary N) is 1. The van der Waals surface area contributed by atoms with E-state index >= 15 is 0 Å². The fourth-order valence-electron chi connectivity index (χ4n) is 2.05. The fraction of sp³-hybridized carbons (Fsp3) is 0.200. The maximum atomic E-state index is 14.2. The molecule has 1 unspecified atom stereocenters. The van der Waals surface area contributed by atoms with Gasteiger partial charge in [-0.1, -0.05) is 29.8 Å². The number of halogens is 2. The first kappa shape index (κ1) is 13.8. The summed E-state index contributed by atoms with van der Waals surface area (Å²) >= 11 is 6.01. The number of ether oxygens (including phenoxy) is 1. The van der Waals surface area contributed by atoms with Gasteiger partial charge in [-0.05, 0) is 36.2 Å². The number of aryl methyl sites for hydroxylation is 1. The third-order valence-corrected chi connectivity index (χ3v) is 3.19. The minimum Gasteiger partial charge on any atom is -0.494 e. The van der Waals surface area contributed by atoms with E-state index in [2.05, 4.69) is 0 Å². The van der Waals surface area contributed by atoms with Gasteiger partial charge in [0.05, 0.1) is 13.2 Å². The van der Waals surface area contributed by atoms with Crippen LogP contribution in [0, 0.1) is 12.7 Å². The maximum Gasteiger partial charge on any atom is 0.170 e. The predicted octanol–water partition coefficient (Wildman–Crippen LogP) is 3.84. The van der Waals surface area contributed by atoms with Crippen LogP contribution in [0.4, 0.5) is 4.39 Å². The molecule has 0 amide bonds. The Morgan fingerprint density at radius 1 is 1.26 bits per heavy atom. The van der Waals surface area contributed by atoms with Crippen molar-refractivity contribution in [3.8, 4) is 5.75 Å². The second-order valence-corrected chi connectivity index (χ2v) is 4.84. The highest BCUT2D eigenvalue weighted by atomic mass is 35.5. The summed E-state index contributed by atoms with van der Waals surface area (Å²) in [5.41, 5.74) is 8.28. The largest absolute Gasteiger partial charge is 0.494 e. The first-order chi connectivity index (χ1) is 9.02. The summed E-state index contributed by atoms with van der Waals surface area (Å²) in [5.74, 6) is -0.248. The molecule has 1 atom stereocenters. The Kier molecular flexibility index (Phi) is 4.08. The molecule has 100 valence electrons. The van der Waals surface area contributed by atoms with Crippen LogP contribution in [-0.2, 0) is 0 Å². The lowest BCUT2D eigenvalue weighted by Gasteiger charge is -2.16. The zero-order valence-corrected chi connectivity index (χ0v) is 11.5. The normalized spacial score (nSPS) is 12.3. The molecule has 0 spiro atoms. The number of rotatable bonds is 3. The van der Waals surface area contributed by atoms with Crippen molar-refractivity contribution >= 4 is 11.6 Å². The Labute approximate surface area is 117 Å². The Morgan fingerprint density at radius 2 is 2.00 bits per heavy atom. The van der Waals surface area contributed by atoms with Crippen LogP contribution in [0.15, 0.2) is 36.4 Å². The highest BCUT2D eigenvalue weighted by Gasteiger charge is 2.17. The van der Waals surface area contributed by atoms with E-state index in [1.165, 1.54) is 7.11 Å². The Hall–Kier alpha value is -1.58. The lowest BCUT2D eigenvalue weighted by atomic mass is 9.97. The lowest BCUT2D eigenvalue weighted by molar-refractivity contribution is 0.383. The average molecular weight is 280 g/mol. The molecular weight excluding hydrogens is 265 g/mol. The van der Waals surface area contributed by atoms with Gasteiger partial charge in [0.2, 0.25) is 0 Å².